The molecule has 0 aliphatic heterocycles. The summed E-state index contributed by atoms with van der Waals surface area (Å²) < 4.78 is 25.6. The Morgan fingerprint density at radius 3 is 2.62 bits per heavy atom. The van der Waals surface area contributed by atoms with Gasteiger partial charge in [-0.15, -0.1) is 0 Å². The Balaban J connectivity index is 1.54. The number of halogens is 3. The Hall–Kier alpha value is -3.16. The van der Waals surface area contributed by atoms with E-state index in [0.29, 0.717) is 24.3 Å². The summed E-state index contributed by atoms with van der Waals surface area (Å²) in [4.78, 5) is 7.08. The van der Waals surface area contributed by atoms with Crippen molar-refractivity contribution in [2.24, 2.45) is 0 Å². The summed E-state index contributed by atoms with van der Waals surface area (Å²) >= 11 is 12.6. The number of ether oxygens (including phenoxy) is 2. The number of nitrogens with zero attached hydrogens (tertiary/aromatic N) is 1. The molecule has 6 nitrogen and oxygen atoms in total. The molecule has 0 fully saturated rings. The van der Waals surface area contributed by atoms with Crippen molar-refractivity contribution in [3.05, 3.63) is 69.7 Å². The normalized spacial score (nSPS) is 11.3. The lowest BCUT2D eigenvalue weighted by Gasteiger charge is -2.15. The number of nitrogens with one attached hydrogen (secondary N) is 2. The van der Waals surface area contributed by atoms with E-state index >= 15 is 0 Å². The number of pyridine rings is 1. The van der Waals surface area contributed by atoms with Crippen molar-refractivity contribution in [3.63, 3.8) is 0 Å². The van der Waals surface area contributed by atoms with Gasteiger partial charge >= 0.3 is 0 Å². The zero-order valence-electron chi connectivity index (χ0n) is 18.9. The number of fused-ring (bicyclic) bond motifs is 1. The van der Waals surface area contributed by atoms with Gasteiger partial charge in [-0.3, -0.25) is 0 Å². The zero-order chi connectivity index (χ0) is 24.4. The number of H-pyrrole nitrogens is 1. The first-order chi connectivity index (χ1) is 16.3. The van der Waals surface area contributed by atoms with Crippen molar-refractivity contribution in [3.8, 4) is 23.0 Å². The van der Waals surface area contributed by atoms with E-state index in [1.807, 2.05) is 38.2 Å². The van der Waals surface area contributed by atoms with Crippen LogP contribution >= 0.6 is 23.2 Å². The third-order valence-corrected chi connectivity index (χ3v) is 6.18. The molecule has 3 N–H and O–H groups in total. The molecular weight excluding hydrogens is 480 g/mol. The average Bonchev–Trinajstić information content (AvgIpc) is 3.22. The number of aromatic nitrogens is 2. The fourth-order valence-electron chi connectivity index (χ4n) is 3.68. The summed E-state index contributed by atoms with van der Waals surface area (Å²) in [6, 6.07) is 10.5. The zero-order valence-corrected chi connectivity index (χ0v) is 20.4. The number of hydrogen-bond acceptors (Lipinski definition) is 5. The predicted molar refractivity (Wildman–Crippen MR) is 134 cm³/mol. The highest BCUT2D eigenvalue weighted by molar-refractivity contribution is 6.38. The minimum atomic E-state index is -0.900. The number of rotatable bonds is 8. The van der Waals surface area contributed by atoms with Crippen LogP contribution in [0.25, 0.3) is 10.9 Å². The van der Waals surface area contributed by atoms with Gasteiger partial charge in [0.1, 0.15) is 27.3 Å². The highest BCUT2D eigenvalue weighted by atomic mass is 35.5. The number of aromatic amines is 1. The smallest absolute Gasteiger partial charge is 0.237 e. The second kappa shape index (κ2) is 9.99. The van der Waals surface area contributed by atoms with Crippen molar-refractivity contribution < 1.29 is 19.0 Å². The van der Waals surface area contributed by atoms with Crippen molar-refractivity contribution in [2.45, 2.75) is 26.2 Å². The van der Waals surface area contributed by atoms with E-state index in [-0.39, 0.29) is 33.3 Å². The Kier molecular flexibility index (Phi) is 7.05. The molecular formula is C25H24Cl2FN3O3. The molecule has 4 rings (SSSR count). The van der Waals surface area contributed by atoms with Crippen molar-refractivity contribution in [1.29, 1.82) is 0 Å². The van der Waals surface area contributed by atoms with E-state index in [1.54, 1.807) is 19.2 Å². The van der Waals surface area contributed by atoms with Crippen LogP contribution in [0.4, 0.5) is 10.2 Å². The van der Waals surface area contributed by atoms with Gasteiger partial charge in [0.2, 0.25) is 5.95 Å². The number of phenols is 1. The van der Waals surface area contributed by atoms with Gasteiger partial charge in [0.15, 0.2) is 11.6 Å². The molecule has 0 aliphatic carbocycles. The number of benzene rings is 2. The van der Waals surface area contributed by atoms with Crippen LogP contribution in [0.3, 0.4) is 0 Å². The molecule has 4 aromatic rings. The molecule has 0 radical (unpaired) electrons. The molecule has 0 unspecified atom stereocenters. The maximum absolute atomic E-state index is 14.5. The van der Waals surface area contributed by atoms with Crippen molar-refractivity contribution in [2.75, 3.05) is 19.0 Å². The molecule has 9 heteroatoms. The number of aromatic hydroxyl groups is 1. The largest absolute Gasteiger partial charge is 0.508 e. The van der Waals surface area contributed by atoms with Crippen molar-refractivity contribution >= 4 is 39.9 Å². The van der Waals surface area contributed by atoms with E-state index in [0.717, 1.165) is 22.2 Å². The molecule has 34 heavy (non-hydrogen) atoms. The summed E-state index contributed by atoms with van der Waals surface area (Å²) in [5.41, 5.74) is 2.75. The van der Waals surface area contributed by atoms with E-state index in [2.05, 4.69) is 15.3 Å². The maximum atomic E-state index is 14.5. The fourth-order valence-corrected chi connectivity index (χ4v) is 4.15. The number of anilines is 1. The average molecular weight is 504 g/mol. The van der Waals surface area contributed by atoms with E-state index in [1.165, 1.54) is 6.07 Å². The molecule has 178 valence electrons. The highest BCUT2D eigenvalue weighted by Gasteiger charge is 2.20. The first kappa shape index (κ1) is 24.0. The Labute approximate surface area is 206 Å². The van der Waals surface area contributed by atoms with Gasteiger partial charge in [-0.1, -0.05) is 37.0 Å². The van der Waals surface area contributed by atoms with Gasteiger partial charge in [-0.05, 0) is 54.3 Å². The Morgan fingerprint density at radius 1 is 1.12 bits per heavy atom. The van der Waals surface area contributed by atoms with Gasteiger partial charge in [0.05, 0.1) is 7.11 Å². The van der Waals surface area contributed by atoms with E-state index in [9.17, 15) is 9.50 Å². The lowest BCUT2D eigenvalue weighted by atomic mass is 10.0. The third-order valence-electron chi connectivity index (χ3n) is 5.50. The van der Waals surface area contributed by atoms with Crippen LogP contribution in [0.1, 0.15) is 30.9 Å². The summed E-state index contributed by atoms with van der Waals surface area (Å²) in [6.45, 7) is 4.32. The Bertz CT molecular complexity index is 1340. The molecule has 0 saturated carbocycles. The fraction of sp³-hybridized carbons (Fsp3) is 0.240. The van der Waals surface area contributed by atoms with Gasteiger partial charge in [0, 0.05) is 29.2 Å². The van der Waals surface area contributed by atoms with Crippen LogP contribution in [0.5, 0.6) is 23.0 Å². The summed E-state index contributed by atoms with van der Waals surface area (Å²) in [7, 11) is 1.62. The van der Waals surface area contributed by atoms with Crippen LogP contribution < -0.4 is 14.8 Å². The summed E-state index contributed by atoms with van der Waals surface area (Å²) in [5.74, 6) is 0.526. The lowest BCUT2D eigenvalue weighted by molar-refractivity contribution is 0.415. The molecule has 0 atom stereocenters. The SMILES string of the molecule is COc1ccc2[nH]cc(CCNc3nc(F)c(Cl)c(Oc4ccc(O)c(C(C)C)c4)c3Cl)c2c1. The highest BCUT2D eigenvalue weighted by Crippen LogP contribution is 2.42. The van der Waals surface area contributed by atoms with Gasteiger partial charge in [0.25, 0.3) is 0 Å². The standard InChI is InChI=1S/C25H24Cl2FN3O3/c1-13(2)17-11-16(5-7-20(17)32)34-23-21(26)24(28)31-25(22(23)27)29-9-8-14-12-30-19-6-4-15(33-3)10-18(14)19/h4-7,10-13,30,32H,8-9H2,1-3H3,(H,29,31). The lowest BCUT2D eigenvalue weighted by Crippen LogP contribution is -2.08. The van der Waals surface area contributed by atoms with Crippen molar-refractivity contribution in [1.82, 2.24) is 9.97 Å². The second-order valence-electron chi connectivity index (χ2n) is 8.09. The maximum Gasteiger partial charge on any atom is 0.237 e. The molecule has 0 amide bonds. The third kappa shape index (κ3) is 4.86. The minimum absolute atomic E-state index is 0.0458. The van der Waals surface area contributed by atoms with Gasteiger partial charge < -0.3 is 24.9 Å². The monoisotopic (exact) mass is 503 g/mol. The van der Waals surface area contributed by atoms with Crippen LogP contribution in [-0.4, -0.2) is 28.7 Å². The van der Waals surface area contributed by atoms with E-state index < -0.39 is 5.95 Å². The minimum Gasteiger partial charge on any atom is -0.508 e. The van der Waals surface area contributed by atoms with Gasteiger partial charge in [-0.2, -0.15) is 9.37 Å². The van der Waals surface area contributed by atoms with Gasteiger partial charge in [-0.25, -0.2) is 0 Å². The first-order valence-corrected chi connectivity index (χ1v) is 11.5. The number of phenolic OH excluding ortho intramolecular Hbond substituents is 1. The predicted octanol–water partition coefficient (Wildman–Crippen LogP) is 7.29. The second-order valence-corrected chi connectivity index (χ2v) is 8.84. The Morgan fingerprint density at radius 2 is 1.88 bits per heavy atom. The van der Waals surface area contributed by atoms with Crippen LogP contribution in [0.2, 0.25) is 10.0 Å². The van der Waals surface area contributed by atoms with E-state index in [4.69, 9.17) is 32.7 Å². The molecule has 0 aliphatic rings. The van der Waals surface area contributed by atoms with Crippen LogP contribution in [-0.2, 0) is 6.42 Å². The first-order valence-electron chi connectivity index (χ1n) is 10.7. The molecule has 2 heterocycles. The summed E-state index contributed by atoms with van der Waals surface area (Å²) in [5, 5.41) is 13.9. The quantitative estimate of drug-likeness (QED) is 0.220. The van der Waals surface area contributed by atoms with Crippen LogP contribution in [0.15, 0.2) is 42.6 Å². The van der Waals surface area contributed by atoms with Crippen LogP contribution in [0, 0.1) is 5.95 Å². The molecule has 2 aromatic carbocycles. The molecule has 0 saturated heterocycles. The summed E-state index contributed by atoms with van der Waals surface area (Å²) in [6.07, 6.45) is 2.55. The molecule has 0 spiro atoms. The topological polar surface area (TPSA) is 79.4 Å². The molecule has 0 bridgehead atoms. The number of hydrogen-bond donors (Lipinski definition) is 3. The number of methoxy groups -OCH3 is 1. The molecule has 2 aromatic heterocycles.